The summed E-state index contributed by atoms with van der Waals surface area (Å²) in [5.74, 6) is 2.19. The van der Waals surface area contributed by atoms with Gasteiger partial charge in [-0.15, -0.1) is 0 Å². The highest BCUT2D eigenvalue weighted by molar-refractivity contribution is 6.31. The van der Waals surface area contributed by atoms with Crippen molar-refractivity contribution < 1.29 is 19.0 Å². The second-order valence-electron chi connectivity index (χ2n) is 6.16. The smallest absolute Gasteiger partial charge is 0.220 e. The fourth-order valence-electron chi connectivity index (χ4n) is 2.61. The van der Waals surface area contributed by atoms with Gasteiger partial charge in [-0.3, -0.25) is 4.79 Å². The molecule has 1 amide bonds. The zero-order valence-corrected chi connectivity index (χ0v) is 15.4. The summed E-state index contributed by atoms with van der Waals surface area (Å²) in [7, 11) is 0. The summed E-state index contributed by atoms with van der Waals surface area (Å²) >= 11 is 5.98. The highest BCUT2D eigenvalue weighted by atomic mass is 35.5. The van der Waals surface area contributed by atoms with Crippen molar-refractivity contribution >= 4 is 17.5 Å². The predicted molar refractivity (Wildman–Crippen MR) is 100 cm³/mol. The predicted octanol–water partition coefficient (Wildman–Crippen LogP) is 3.76. The number of rotatable bonds is 7. The lowest BCUT2D eigenvalue weighted by Gasteiger charge is -2.26. The molecule has 0 bridgehead atoms. The first-order valence-electron chi connectivity index (χ1n) is 8.66. The first kappa shape index (κ1) is 18.4. The highest BCUT2D eigenvalue weighted by Crippen LogP contribution is 2.30. The standard InChI is InChI=1S/C20H22ClNO4/c1-14-11-15(8-9-17(14)21)24-10-4-7-20(23)22-12-16-13-25-18-5-2-3-6-19(18)26-16/h2-3,5-6,8-9,11,16H,4,7,10,12-13H2,1H3,(H,22,23)/t16-/m0/s1. The lowest BCUT2D eigenvalue weighted by molar-refractivity contribution is -0.121. The van der Waals surface area contributed by atoms with Crippen LogP contribution in [0.3, 0.4) is 0 Å². The Hall–Kier alpha value is -2.40. The van der Waals surface area contributed by atoms with Gasteiger partial charge in [-0.25, -0.2) is 0 Å². The molecule has 1 aliphatic rings. The molecule has 2 aromatic carbocycles. The van der Waals surface area contributed by atoms with Crippen molar-refractivity contribution in [2.24, 2.45) is 0 Å². The van der Waals surface area contributed by atoms with Crippen molar-refractivity contribution in [1.82, 2.24) is 5.32 Å². The number of ether oxygens (including phenoxy) is 3. The molecule has 5 nitrogen and oxygen atoms in total. The van der Waals surface area contributed by atoms with Gasteiger partial charge in [0.05, 0.1) is 13.2 Å². The Kier molecular flexibility index (Phi) is 6.23. The topological polar surface area (TPSA) is 56.8 Å². The molecule has 1 atom stereocenters. The molecule has 3 rings (SSSR count). The third-order valence-electron chi connectivity index (χ3n) is 4.04. The molecular formula is C20H22ClNO4. The lowest BCUT2D eigenvalue weighted by atomic mass is 10.2. The normalized spacial score (nSPS) is 15.4. The van der Waals surface area contributed by atoms with Crippen molar-refractivity contribution in [2.45, 2.75) is 25.9 Å². The van der Waals surface area contributed by atoms with E-state index in [4.69, 9.17) is 25.8 Å². The van der Waals surface area contributed by atoms with Gasteiger partial charge in [-0.1, -0.05) is 23.7 Å². The summed E-state index contributed by atoms with van der Waals surface area (Å²) in [4.78, 5) is 12.0. The molecule has 0 radical (unpaired) electrons. The number of amides is 1. The molecule has 0 fully saturated rings. The number of aryl methyl sites for hydroxylation is 1. The number of halogens is 1. The van der Waals surface area contributed by atoms with Gasteiger partial charge >= 0.3 is 0 Å². The molecule has 138 valence electrons. The van der Waals surface area contributed by atoms with Crippen LogP contribution in [0.1, 0.15) is 18.4 Å². The highest BCUT2D eigenvalue weighted by Gasteiger charge is 2.20. The van der Waals surface area contributed by atoms with E-state index < -0.39 is 0 Å². The van der Waals surface area contributed by atoms with Gasteiger partial charge in [-0.2, -0.15) is 0 Å². The average molecular weight is 376 g/mol. The third kappa shape index (κ3) is 5.05. The minimum atomic E-state index is -0.179. The summed E-state index contributed by atoms with van der Waals surface area (Å²) < 4.78 is 17.1. The van der Waals surface area contributed by atoms with Gasteiger partial charge in [0.1, 0.15) is 18.5 Å². The zero-order valence-electron chi connectivity index (χ0n) is 14.7. The van der Waals surface area contributed by atoms with Gasteiger partial charge in [0.25, 0.3) is 0 Å². The quantitative estimate of drug-likeness (QED) is 0.748. The molecule has 26 heavy (non-hydrogen) atoms. The van der Waals surface area contributed by atoms with Gasteiger partial charge < -0.3 is 19.5 Å². The van der Waals surface area contributed by atoms with E-state index in [-0.39, 0.29) is 12.0 Å². The van der Waals surface area contributed by atoms with Crippen LogP contribution in [0.25, 0.3) is 0 Å². The van der Waals surface area contributed by atoms with Crippen molar-refractivity contribution in [3.8, 4) is 17.2 Å². The molecule has 1 aliphatic heterocycles. The maximum absolute atomic E-state index is 12.0. The van der Waals surface area contributed by atoms with Crippen LogP contribution >= 0.6 is 11.6 Å². The second kappa shape index (κ2) is 8.81. The zero-order chi connectivity index (χ0) is 18.4. The summed E-state index contributed by atoms with van der Waals surface area (Å²) in [6.07, 6.45) is 0.858. The molecule has 0 aliphatic carbocycles. The maximum atomic E-state index is 12.0. The van der Waals surface area contributed by atoms with Crippen molar-refractivity contribution in [3.63, 3.8) is 0 Å². The number of carbonyl (C=O) groups excluding carboxylic acids is 1. The molecule has 6 heteroatoms. The van der Waals surface area contributed by atoms with E-state index in [0.29, 0.717) is 43.4 Å². The Bertz CT molecular complexity index is 765. The first-order valence-corrected chi connectivity index (χ1v) is 9.04. The maximum Gasteiger partial charge on any atom is 0.220 e. The Morgan fingerprint density at radius 1 is 1.27 bits per heavy atom. The molecular weight excluding hydrogens is 354 g/mol. The first-order chi connectivity index (χ1) is 12.6. The number of fused-ring (bicyclic) bond motifs is 1. The number of benzene rings is 2. The van der Waals surface area contributed by atoms with Crippen LogP contribution in [0.2, 0.25) is 5.02 Å². The van der Waals surface area contributed by atoms with E-state index in [9.17, 15) is 4.79 Å². The number of hydrogen-bond acceptors (Lipinski definition) is 4. The average Bonchev–Trinajstić information content (AvgIpc) is 2.66. The largest absolute Gasteiger partial charge is 0.494 e. The van der Waals surface area contributed by atoms with Gasteiger partial charge in [0, 0.05) is 11.4 Å². The number of carbonyl (C=O) groups is 1. The molecule has 0 aromatic heterocycles. The van der Waals surface area contributed by atoms with Gasteiger partial charge in [-0.05, 0) is 49.2 Å². The van der Waals surface area contributed by atoms with Crippen LogP contribution in [0.4, 0.5) is 0 Å². The fraction of sp³-hybridized carbons (Fsp3) is 0.350. The molecule has 1 N–H and O–H groups in total. The Morgan fingerprint density at radius 2 is 2.08 bits per heavy atom. The van der Waals surface area contributed by atoms with E-state index in [1.165, 1.54) is 0 Å². The van der Waals surface area contributed by atoms with Gasteiger partial charge in [0.2, 0.25) is 5.91 Å². The number of nitrogens with one attached hydrogen (secondary N) is 1. The van der Waals surface area contributed by atoms with E-state index >= 15 is 0 Å². The fourth-order valence-corrected chi connectivity index (χ4v) is 2.73. The Morgan fingerprint density at radius 3 is 2.88 bits per heavy atom. The van der Waals surface area contributed by atoms with Crippen molar-refractivity contribution in [3.05, 3.63) is 53.1 Å². The van der Waals surface area contributed by atoms with E-state index in [0.717, 1.165) is 17.1 Å². The minimum Gasteiger partial charge on any atom is -0.494 e. The SMILES string of the molecule is Cc1cc(OCCCC(=O)NC[C@H]2COc3ccccc3O2)ccc1Cl. The van der Waals surface area contributed by atoms with Crippen LogP contribution in [0.5, 0.6) is 17.2 Å². The van der Waals surface area contributed by atoms with Crippen LogP contribution in [-0.4, -0.2) is 31.8 Å². The molecule has 2 aromatic rings. The summed E-state index contributed by atoms with van der Waals surface area (Å²) in [6.45, 7) is 3.25. The summed E-state index contributed by atoms with van der Waals surface area (Å²) in [5, 5.41) is 3.60. The van der Waals surface area contributed by atoms with Gasteiger partial charge in [0.15, 0.2) is 11.5 Å². The molecule has 0 saturated carbocycles. The summed E-state index contributed by atoms with van der Waals surface area (Å²) in [6, 6.07) is 13.0. The number of para-hydroxylation sites is 2. The van der Waals surface area contributed by atoms with Crippen molar-refractivity contribution in [1.29, 1.82) is 0 Å². The van der Waals surface area contributed by atoms with Crippen LogP contribution in [0.15, 0.2) is 42.5 Å². The lowest BCUT2D eigenvalue weighted by Crippen LogP contribution is -2.40. The van der Waals surface area contributed by atoms with Crippen LogP contribution < -0.4 is 19.5 Å². The van der Waals surface area contributed by atoms with Crippen molar-refractivity contribution in [2.75, 3.05) is 19.8 Å². The number of hydrogen-bond donors (Lipinski definition) is 1. The minimum absolute atomic E-state index is 0.0247. The molecule has 1 heterocycles. The van der Waals surface area contributed by atoms with E-state index in [1.807, 2.05) is 49.4 Å². The van der Waals surface area contributed by atoms with E-state index in [2.05, 4.69) is 5.32 Å². The molecule has 0 spiro atoms. The molecule has 0 unspecified atom stereocenters. The molecule has 0 saturated heterocycles. The Balaban J connectivity index is 1.33. The third-order valence-corrected chi connectivity index (χ3v) is 4.46. The monoisotopic (exact) mass is 375 g/mol. The summed E-state index contributed by atoms with van der Waals surface area (Å²) in [5.41, 5.74) is 0.971. The Labute approximate surface area is 158 Å². The van der Waals surface area contributed by atoms with Crippen LogP contribution in [0, 0.1) is 6.92 Å². The second-order valence-corrected chi connectivity index (χ2v) is 6.57. The van der Waals surface area contributed by atoms with Crippen LogP contribution in [-0.2, 0) is 4.79 Å². The van der Waals surface area contributed by atoms with E-state index in [1.54, 1.807) is 0 Å².